The van der Waals surface area contributed by atoms with Gasteiger partial charge in [0.1, 0.15) is 0 Å². The third-order valence-electron chi connectivity index (χ3n) is 1.76. The highest BCUT2D eigenvalue weighted by Crippen LogP contribution is 2.22. The van der Waals surface area contributed by atoms with Gasteiger partial charge in [0.2, 0.25) is 0 Å². The highest BCUT2D eigenvalue weighted by atomic mass is 35.5. The van der Waals surface area contributed by atoms with Crippen LogP contribution >= 0.6 is 23.8 Å². The quantitative estimate of drug-likeness (QED) is 0.625. The van der Waals surface area contributed by atoms with Gasteiger partial charge in [-0.2, -0.15) is 0 Å². The number of benzene rings is 1. The van der Waals surface area contributed by atoms with Gasteiger partial charge < -0.3 is 10.6 Å². The standard InChI is InChI=1S/C8H7ClN2S/c9-6-2-1-5-4-10-8(12)11-7(5)3-6/h1-3H,4H2,(H2,10,11,12). The predicted molar refractivity (Wildman–Crippen MR) is 54.5 cm³/mol. The molecule has 0 aromatic heterocycles. The van der Waals surface area contributed by atoms with Gasteiger partial charge in [-0.15, -0.1) is 0 Å². The Morgan fingerprint density at radius 2 is 2.25 bits per heavy atom. The van der Waals surface area contributed by atoms with Crippen LogP contribution in [-0.2, 0) is 6.54 Å². The Morgan fingerprint density at radius 1 is 1.42 bits per heavy atom. The lowest BCUT2D eigenvalue weighted by Crippen LogP contribution is -2.32. The third kappa shape index (κ3) is 1.38. The number of rotatable bonds is 0. The van der Waals surface area contributed by atoms with Gasteiger partial charge in [0.05, 0.1) is 0 Å². The normalized spacial score (nSPS) is 14.6. The van der Waals surface area contributed by atoms with Crippen LogP contribution in [0.4, 0.5) is 5.69 Å². The van der Waals surface area contributed by atoms with E-state index < -0.39 is 0 Å². The molecule has 1 heterocycles. The van der Waals surface area contributed by atoms with E-state index in [0.29, 0.717) is 5.11 Å². The van der Waals surface area contributed by atoms with Crippen molar-refractivity contribution < 1.29 is 0 Å². The molecule has 1 aliphatic rings. The number of thiocarbonyl (C=S) groups is 1. The van der Waals surface area contributed by atoms with Crippen LogP contribution in [-0.4, -0.2) is 5.11 Å². The minimum absolute atomic E-state index is 0.657. The van der Waals surface area contributed by atoms with Crippen LogP contribution in [0.1, 0.15) is 5.56 Å². The molecule has 0 amide bonds. The summed E-state index contributed by atoms with van der Waals surface area (Å²) in [6.07, 6.45) is 0. The SMILES string of the molecule is S=C1NCc2ccc(Cl)cc2N1. The van der Waals surface area contributed by atoms with Crippen LogP contribution in [0.25, 0.3) is 0 Å². The zero-order valence-corrected chi connectivity index (χ0v) is 7.80. The van der Waals surface area contributed by atoms with Crippen molar-refractivity contribution in [2.45, 2.75) is 6.54 Å². The number of fused-ring (bicyclic) bond motifs is 1. The van der Waals surface area contributed by atoms with E-state index in [1.165, 1.54) is 5.56 Å². The van der Waals surface area contributed by atoms with Crippen molar-refractivity contribution in [2.75, 3.05) is 5.32 Å². The lowest BCUT2D eigenvalue weighted by molar-refractivity contribution is 0.909. The van der Waals surface area contributed by atoms with Gasteiger partial charge in [-0.25, -0.2) is 0 Å². The molecule has 2 rings (SSSR count). The number of nitrogens with one attached hydrogen (secondary N) is 2. The Bertz CT molecular complexity index is 338. The molecular weight excluding hydrogens is 192 g/mol. The van der Waals surface area contributed by atoms with Crippen molar-refractivity contribution in [3.05, 3.63) is 28.8 Å². The molecule has 0 aliphatic carbocycles. The van der Waals surface area contributed by atoms with Crippen LogP contribution in [0, 0.1) is 0 Å². The molecule has 1 aromatic rings. The average molecular weight is 199 g/mol. The monoisotopic (exact) mass is 198 g/mol. The maximum atomic E-state index is 5.82. The summed E-state index contributed by atoms with van der Waals surface area (Å²) in [6, 6.07) is 5.74. The van der Waals surface area contributed by atoms with E-state index in [1.807, 2.05) is 18.2 Å². The fraction of sp³-hybridized carbons (Fsp3) is 0.125. The van der Waals surface area contributed by atoms with Gasteiger partial charge in [0.15, 0.2) is 5.11 Å². The van der Waals surface area contributed by atoms with Gasteiger partial charge in [-0.1, -0.05) is 17.7 Å². The number of anilines is 1. The van der Waals surface area contributed by atoms with E-state index in [0.717, 1.165) is 17.3 Å². The van der Waals surface area contributed by atoms with E-state index in [9.17, 15) is 0 Å². The molecule has 62 valence electrons. The number of halogens is 1. The first-order chi connectivity index (χ1) is 5.75. The van der Waals surface area contributed by atoms with Crippen molar-refractivity contribution in [1.29, 1.82) is 0 Å². The molecular formula is C8H7ClN2S. The first-order valence-electron chi connectivity index (χ1n) is 3.59. The van der Waals surface area contributed by atoms with Gasteiger partial charge in [0, 0.05) is 17.3 Å². The lowest BCUT2D eigenvalue weighted by Gasteiger charge is -2.20. The summed E-state index contributed by atoms with van der Waals surface area (Å²) in [4.78, 5) is 0. The molecule has 2 N–H and O–H groups in total. The molecule has 2 nitrogen and oxygen atoms in total. The van der Waals surface area contributed by atoms with Crippen LogP contribution in [0.15, 0.2) is 18.2 Å². The summed E-state index contributed by atoms with van der Waals surface area (Å²) >= 11 is 10.8. The predicted octanol–water partition coefficient (Wildman–Crippen LogP) is 2.14. The molecule has 0 atom stereocenters. The Kier molecular flexibility index (Phi) is 1.90. The molecule has 0 radical (unpaired) electrons. The molecule has 0 fully saturated rings. The fourth-order valence-corrected chi connectivity index (χ4v) is 1.52. The summed E-state index contributed by atoms with van der Waals surface area (Å²) in [5.74, 6) is 0. The molecule has 12 heavy (non-hydrogen) atoms. The van der Waals surface area contributed by atoms with Gasteiger partial charge in [-0.3, -0.25) is 0 Å². The minimum atomic E-state index is 0.657. The second-order valence-electron chi connectivity index (χ2n) is 2.61. The summed E-state index contributed by atoms with van der Waals surface area (Å²) in [5, 5.41) is 7.46. The summed E-state index contributed by atoms with van der Waals surface area (Å²) in [5.41, 5.74) is 2.19. The highest BCUT2D eigenvalue weighted by Gasteiger charge is 2.10. The maximum absolute atomic E-state index is 5.82. The van der Waals surface area contributed by atoms with Crippen LogP contribution in [0.3, 0.4) is 0 Å². The van der Waals surface area contributed by atoms with Crippen molar-refractivity contribution in [3.8, 4) is 0 Å². The zero-order valence-electron chi connectivity index (χ0n) is 6.23. The van der Waals surface area contributed by atoms with Gasteiger partial charge in [0.25, 0.3) is 0 Å². The van der Waals surface area contributed by atoms with Crippen molar-refractivity contribution in [3.63, 3.8) is 0 Å². The highest BCUT2D eigenvalue weighted by molar-refractivity contribution is 7.80. The van der Waals surface area contributed by atoms with E-state index in [-0.39, 0.29) is 0 Å². The topological polar surface area (TPSA) is 24.1 Å². The first kappa shape index (κ1) is 7.83. The average Bonchev–Trinajstić information content (AvgIpc) is 2.03. The molecule has 0 bridgehead atoms. The van der Waals surface area contributed by atoms with Crippen molar-refractivity contribution >= 4 is 34.6 Å². The zero-order chi connectivity index (χ0) is 8.55. The number of hydrogen-bond acceptors (Lipinski definition) is 1. The second kappa shape index (κ2) is 2.92. The lowest BCUT2D eigenvalue weighted by atomic mass is 10.1. The Balaban J connectivity index is 2.44. The van der Waals surface area contributed by atoms with Gasteiger partial charge in [-0.05, 0) is 29.9 Å². The van der Waals surface area contributed by atoms with Crippen LogP contribution in [0.2, 0.25) is 5.02 Å². The second-order valence-corrected chi connectivity index (χ2v) is 3.45. The number of hydrogen-bond donors (Lipinski definition) is 2. The van der Waals surface area contributed by atoms with E-state index in [1.54, 1.807) is 0 Å². The molecule has 4 heteroatoms. The maximum Gasteiger partial charge on any atom is 0.171 e. The van der Waals surface area contributed by atoms with Crippen molar-refractivity contribution in [1.82, 2.24) is 5.32 Å². The molecule has 0 spiro atoms. The fourth-order valence-electron chi connectivity index (χ4n) is 1.16. The Hall–Kier alpha value is -0.800. The van der Waals surface area contributed by atoms with Crippen molar-refractivity contribution in [2.24, 2.45) is 0 Å². The van der Waals surface area contributed by atoms with E-state index in [2.05, 4.69) is 10.6 Å². The molecule has 1 aliphatic heterocycles. The third-order valence-corrected chi connectivity index (χ3v) is 2.24. The largest absolute Gasteiger partial charge is 0.358 e. The molecule has 1 aromatic carbocycles. The molecule has 0 unspecified atom stereocenters. The smallest absolute Gasteiger partial charge is 0.171 e. The van der Waals surface area contributed by atoms with E-state index >= 15 is 0 Å². The van der Waals surface area contributed by atoms with Crippen LogP contribution < -0.4 is 10.6 Å². The molecule has 0 saturated carbocycles. The summed E-state index contributed by atoms with van der Waals surface area (Å²) in [6.45, 7) is 0.776. The summed E-state index contributed by atoms with van der Waals surface area (Å²) < 4.78 is 0. The Labute approximate surface area is 80.9 Å². The van der Waals surface area contributed by atoms with Crippen LogP contribution in [0.5, 0.6) is 0 Å². The van der Waals surface area contributed by atoms with E-state index in [4.69, 9.17) is 23.8 Å². The van der Waals surface area contributed by atoms with Gasteiger partial charge >= 0.3 is 0 Å². The minimum Gasteiger partial charge on any atom is -0.358 e. The summed E-state index contributed by atoms with van der Waals surface area (Å²) in [7, 11) is 0. The first-order valence-corrected chi connectivity index (χ1v) is 4.37. The Morgan fingerprint density at radius 3 is 3.08 bits per heavy atom. The molecule has 0 saturated heterocycles.